The van der Waals surface area contributed by atoms with Gasteiger partial charge in [-0.25, -0.2) is 0 Å². The van der Waals surface area contributed by atoms with Crippen LogP contribution in [0.25, 0.3) is 0 Å². The number of rotatable bonds is 7. The maximum Gasteiger partial charge on any atom is 0.253 e. The van der Waals surface area contributed by atoms with E-state index in [-0.39, 0.29) is 43.0 Å². The number of amides is 2. The number of carbonyl (C=O) groups is 2. The fraction of sp³-hybridized carbons (Fsp3) is 0.409. The van der Waals surface area contributed by atoms with Gasteiger partial charge >= 0.3 is 0 Å². The maximum atomic E-state index is 12.4. The molecule has 3 rings (SSSR count). The summed E-state index contributed by atoms with van der Waals surface area (Å²) in [7, 11) is 0. The van der Waals surface area contributed by atoms with Crippen LogP contribution in [0.5, 0.6) is 0 Å². The average molecular weight is 397 g/mol. The van der Waals surface area contributed by atoms with Gasteiger partial charge in [-0.2, -0.15) is 0 Å². The monoisotopic (exact) mass is 397 g/mol. The third-order valence-corrected chi connectivity index (χ3v) is 5.13. The molecule has 0 bridgehead atoms. The van der Waals surface area contributed by atoms with E-state index >= 15 is 0 Å². The molecule has 1 aromatic heterocycles. The summed E-state index contributed by atoms with van der Waals surface area (Å²) in [5.74, 6) is -0.348. The van der Waals surface area contributed by atoms with Crippen LogP contribution in [0, 0.1) is 0 Å². The van der Waals surface area contributed by atoms with E-state index in [1.54, 1.807) is 18.3 Å². The van der Waals surface area contributed by atoms with Gasteiger partial charge in [0.25, 0.3) is 5.91 Å². The molecule has 2 heterocycles. The standard InChI is InChI=1S/C22H27N3O4/c1-15(16-6-3-2-4-7-16)24-21(27)12-18-9-10-19(20(14-26)29-18)25-22(28)17-8-5-11-23-13-17/h2-8,11,13,15,18-20,26H,9-10,12,14H2,1H3,(H,24,27)(H,25,28)/t15-,18+,19+,20-/m1/s1. The normalized spacial score (nSPS) is 22.5. The first kappa shape index (κ1) is 21.0. The van der Waals surface area contributed by atoms with Crippen LogP contribution in [-0.2, 0) is 9.53 Å². The van der Waals surface area contributed by atoms with Crippen molar-refractivity contribution in [3.63, 3.8) is 0 Å². The zero-order chi connectivity index (χ0) is 20.6. The molecule has 0 radical (unpaired) electrons. The Morgan fingerprint density at radius 3 is 2.69 bits per heavy atom. The van der Waals surface area contributed by atoms with Crippen molar-refractivity contribution in [1.29, 1.82) is 0 Å². The number of benzene rings is 1. The van der Waals surface area contributed by atoms with Crippen molar-refractivity contribution in [2.75, 3.05) is 6.61 Å². The fourth-order valence-corrected chi connectivity index (χ4v) is 3.53. The third kappa shape index (κ3) is 5.85. The molecule has 4 atom stereocenters. The molecule has 0 aliphatic carbocycles. The Morgan fingerprint density at radius 2 is 2.00 bits per heavy atom. The molecule has 7 nitrogen and oxygen atoms in total. The van der Waals surface area contributed by atoms with Gasteiger partial charge in [0.1, 0.15) is 6.10 Å². The molecule has 1 aliphatic rings. The van der Waals surface area contributed by atoms with Gasteiger partial charge in [-0.05, 0) is 37.5 Å². The molecule has 7 heteroatoms. The van der Waals surface area contributed by atoms with E-state index in [1.807, 2.05) is 37.3 Å². The van der Waals surface area contributed by atoms with Crippen LogP contribution in [0.4, 0.5) is 0 Å². The van der Waals surface area contributed by atoms with Crippen molar-refractivity contribution < 1.29 is 19.4 Å². The summed E-state index contributed by atoms with van der Waals surface area (Å²) in [5, 5.41) is 15.6. The summed E-state index contributed by atoms with van der Waals surface area (Å²) in [6.07, 6.45) is 3.73. The highest BCUT2D eigenvalue weighted by atomic mass is 16.5. The average Bonchev–Trinajstić information content (AvgIpc) is 2.75. The van der Waals surface area contributed by atoms with Crippen molar-refractivity contribution in [2.24, 2.45) is 0 Å². The quantitative estimate of drug-likeness (QED) is 0.663. The highest BCUT2D eigenvalue weighted by molar-refractivity contribution is 5.94. The molecule has 29 heavy (non-hydrogen) atoms. The second-order valence-electron chi connectivity index (χ2n) is 7.28. The molecule has 1 aliphatic heterocycles. The van der Waals surface area contributed by atoms with E-state index in [0.29, 0.717) is 18.4 Å². The van der Waals surface area contributed by atoms with Crippen LogP contribution in [0.1, 0.15) is 48.1 Å². The van der Waals surface area contributed by atoms with Crippen molar-refractivity contribution in [2.45, 2.75) is 50.5 Å². The number of hydrogen-bond donors (Lipinski definition) is 3. The molecule has 1 aromatic carbocycles. The first-order chi connectivity index (χ1) is 14.1. The summed E-state index contributed by atoms with van der Waals surface area (Å²) in [6, 6.07) is 12.7. The van der Waals surface area contributed by atoms with Crippen LogP contribution in [0.3, 0.4) is 0 Å². The van der Waals surface area contributed by atoms with Gasteiger partial charge in [-0.3, -0.25) is 14.6 Å². The summed E-state index contributed by atoms with van der Waals surface area (Å²) >= 11 is 0. The summed E-state index contributed by atoms with van der Waals surface area (Å²) in [5.41, 5.74) is 1.50. The van der Waals surface area contributed by atoms with E-state index in [4.69, 9.17) is 4.74 Å². The summed E-state index contributed by atoms with van der Waals surface area (Å²) < 4.78 is 5.90. The lowest BCUT2D eigenvalue weighted by Gasteiger charge is -2.36. The second kappa shape index (κ2) is 10.1. The zero-order valence-corrected chi connectivity index (χ0v) is 16.5. The maximum absolute atomic E-state index is 12.4. The number of aromatic nitrogens is 1. The lowest BCUT2D eigenvalue weighted by molar-refractivity contribution is -0.131. The van der Waals surface area contributed by atoms with Crippen molar-refractivity contribution in [3.05, 3.63) is 66.0 Å². The van der Waals surface area contributed by atoms with E-state index in [9.17, 15) is 14.7 Å². The van der Waals surface area contributed by atoms with Gasteiger partial charge in [-0.1, -0.05) is 30.3 Å². The number of ether oxygens (including phenoxy) is 1. The number of aliphatic hydroxyl groups is 1. The predicted molar refractivity (Wildman–Crippen MR) is 108 cm³/mol. The number of nitrogens with one attached hydrogen (secondary N) is 2. The Morgan fingerprint density at radius 1 is 1.21 bits per heavy atom. The Bertz CT molecular complexity index is 800. The molecule has 0 saturated carbocycles. The number of carbonyl (C=O) groups excluding carboxylic acids is 2. The lowest BCUT2D eigenvalue weighted by atomic mass is 9.96. The first-order valence-electron chi connectivity index (χ1n) is 9.88. The van der Waals surface area contributed by atoms with Crippen LogP contribution >= 0.6 is 0 Å². The minimum Gasteiger partial charge on any atom is -0.394 e. The van der Waals surface area contributed by atoms with E-state index in [1.165, 1.54) is 6.20 Å². The van der Waals surface area contributed by atoms with Crippen LogP contribution in [-0.4, -0.2) is 46.8 Å². The predicted octanol–water partition coefficient (Wildman–Crippen LogP) is 1.99. The number of nitrogens with zero attached hydrogens (tertiary/aromatic N) is 1. The Kier molecular flexibility index (Phi) is 7.32. The molecular weight excluding hydrogens is 370 g/mol. The van der Waals surface area contributed by atoms with Gasteiger partial charge in [0.05, 0.1) is 36.8 Å². The molecular formula is C22H27N3O4. The molecule has 1 saturated heterocycles. The second-order valence-corrected chi connectivity index (χ2v) is 7.28. The fourth-order valence-electron chi connectivity index (χ4n) is 3.53. The first-order valence-corrected chi connectivity index (χ1v) is 9.88. The highest BCUT2D eigenvalue weighted by Crippen LogP contribution is 2.23. The van der Waals surface area contributed by atoms with Crippen molar-refractivity contribution in [1.82, 2.24) is 15.6 Å². The topological polar surface area (TPSA) is 101 Å². The minimum atomic E-state index is -0.547. The summed E-state index contributed by atoms with van der Waals surface area (Å²) in [6.45, 7) is 1.71. The van der Waals surface area contributed by atoms with Gasteiger partial charge in [0, 0.05) is 12.4 Å². The van der Waals surface area contributed by atoms with E-state index < -0.39 is 6.10 Å². The van der Waals surface area contributed by atoms with Gasteiger partial charge < -0.3 is 20.5 Å². The molecule has 154 valence electrons. The van der Waals surface area contributed by atoms with Crippen molar-refractivity contribution >= 4 is 11.8 Å². The van der Waals surface area contributed by atoms with Crippen LogP contribution in [0.2, 0.25) is 0 Å². The smallest absolute Gasteiger partial charge is 0.253 e. The number of pyridine rings is 1. The molecule has 2 amide bonds. The van der Waals surface area contributed by atoms with Crippen LogP contribution in [0.15, 0.2) is 54.9 Å². The van der Waals surface area contributed by atoms with Crippen molar-refractivity contribution in [3.8, 4) is 0 Å². The number of aliphatic hydroxyl groups excluding tert-OH is 1. The number of hydrogen-bond acceptors (Lipinski definition) is 5. The zero-order valence-electron chi connectivity index (χ0n) is 16.5. The largest absolute Gasteiger partial charge is 0.394 e. The van der Waals surface area contributed by atoms with E-state index in [2.05, 4.69) is 15.6 Å². The lowest BCUT2D eigenvalue weighted by Crippen LogP contribution is -2.51. The molecule has 0 spiro atoms. The van der Waals surface area contributed by atoms with Gasteiger partial charge in [-0.15, -0.1) is 0 Å². The van der Waals surface area contributed by atoms with Gasteiger partial charge in [0.15, 0.2) is 0 Å². The molecule has 2 aromatic rings. The molecule has 0 unspecified atom stereocenters. The SMILES string of the molecule is C[C@@H](NC(=O)C[C@@H]1CC[C@H](NC(=O)c2cccnc2)[C@@H](CO)O1)c1ccccc1. The molecule has 3 N–H and O–H groups in total. The van der Waals surface area contributed by atoms with Crippen LogP contribution < -0.4 is 10.6 Å². The molecule has 1 fully saturated rings. The Hall–Kier alpha value is -2.77. The Balaban J connectivity index is 1.50. The minimum absolute atomic E-state index is 0.0903. The highest BCUT2D eigenvalue weighted by Gasteiger charge is 2.33. The van der Waals surface area contributed by atoms with Gasteiger partial charge in [0.2, 0.25) is 5.91 Å². The summed E-state index contributed by atoms with van der Waals surface area (Å²) in [4.78, 5) is 28.7. The van der Waals surface area contributed by atoms with E-state index in [0.717, 1.165) is 5.56 Å². The third-order valence-electron chi connectivity index (χ3n) is 5.13. The Labute approximate surface area is 170 Å².